The molecule has 3 aromatic heterocycles. The van der Waals surface area contributed by atoms with E-state index in [9.17, 15) is 0 Å². The van der Waals surface area contributed by atoms with Crippen molar-refractivity contribution in [3.63, 3.8) is 0 Å². The van der Waals surface area contributed by atoms with Crippen molar-refractivity contribution >= 4 is 32.7 Å². The maximum absolute atomic E-state index is 6.09. The van der Waals surface area contributed by atoms with E-state index in [1.54, 1.807) is 0 Å². The van der Waals surface area contributed by atoms with Gasteiger partial charge in [0.1, 0.15) is 11.2 Å². The molecular formula is C47H34IrN2O-2. The Bertz CT molecular complexity index is 2610. The monoisotopic (exact) mass is 835 g/mol. The van der Waals surface area contributed by atoms with Crippen LogP contribution in [0.25, 0.3) is 77.5 Å². The maximum Gasteiger partial charge on any atom is 0.136 e. The van der Waals surface area contributed by atoms with E-state index in [1.807, 2.05) is 60.9 Å². The Morgan fingerprint density at radius 2 is 1.37 bits per heavy atom. The summed E-state index contributed by atoms with van der Waals surface area (Å²) >= 11 is 0. The summed E-state index contributed by atoms with van der Waals surface area (Å²) in [4.78, 5) is 9.06. The van der Waals surface area contributed by atoms with Crippen molar-refractivity contribution in [1.29, 1.82) is 0 Å². The summed E-state index contributed by atoms with van der Waals surface area (Å²) < 4.78 is 6.09. The smallest absolute Gasteiger partial charge is 0.136 e. The molecule has 0 fully saturated rings. The van der Waals surface area contributed by atoms with Crippen molar-refractivity contribution < 1.29 is 24.5 Å². The first-order valence-electron chi connectivity index (χ1n) is 16.8. The predicted octanol–water partition coefficient (Wildman–Crippen LogP) is 12.4. The minimum atomic E-state index is 0. The fourth-order valence-electron chi connectivity index (χ4n) is 6.72. The Labute approximate surface area is 312 Å². The van der Waals surface area contributed by atoms with E-state index in [0.29, 0.717) is 0 Å². The number of furan rings is 1. The molecule has 0 bridgehead atoms. The summed E-state index contributed by atoms with van der Waals surface area (Å²) in [6.45, 7) is 6.32. The van der Waals surface area contributed by atoms with Crippen LogP contribution in [0.5, 0.6) is 0 Å². The zero-order chi connectivity index (χ0) is 34.0. The van der Waals surface area contributed by atoms with Crippen molar-refractivity contribution in [1.82, 2.24) is 9.97 Å². The van der Waals surface area contributed by atoms with Gasteiger partial charge in [0, 0.05) is 43.3 Å². The van der Waals surface area contributed by atoms with Crippen LogP contribution in [0.3, 0.4) is 0 Å². The van der Waals surface area contributed by atoms with Crippen molar-refractivity contribution in [2.75, 3.05) is 0 Å². The van der Waals surface area contributed by atoms with Crippen molar-refractivity contribution in [2.24, 2.45) is 0 Å². The fraction of sp³-hybridized carbons (Fsp3) is 0.0638. The summed E-state index contributed by atoms with van der Waals surface area (Å²) in [7, 11) is 0. The summed E-state index contributed by atoms with van der Waals surface area (Å²) in [6, 6.07) is 54.6. The van der Waals surface area contributed by atoms with Gasteiger partial charge in [-0.2, -0.15) is 0 Å². The molecule has 0 saturated carbocycles. The van der Waals surface area contributed by atoms with Crippen LogP contribution in [-0.4, -0.2) is 9.97 Å². The van der Waals surface area contributed by atoms with Crippen LogP contribution in [0.2, 0.25) is 0 Å². The third kappa shape index (κ3) is 6.65. The van der Waals surface area contributed by atoms with Gasteiger partial charge in [-0.15, -0.1) is 64.7 Å². The van der Waals surface area contributed by atoms with Crippen LogP contribution in [0, 0.1) is 32.9 Å². The van der Waals surface area contributed by atoms with Gasteiger partial charge in [0.15, 0.2) is 0 Å². The maximum atomic E-state index is 6.09. The van der Waals surface area contributed by atoms with E-state index in [2.05, 4.69) is 134 Å². The first-order valence-corrected chi connectivity index (χ1v) is 16.8. The van der Waals surface area contributed by atoms with E-state index in [0.717, 1.165) is 39.1 Å². The Morgan fingerprint density at radius 3 is 2.18 bits per heavy atom. The van der Waals surface area contributed by atoms with Gasteiger partial charge in [-0.05, 0) is 69.5 Å². The third-order valence-corrected chi connectivity index (χ3v) is 9.30. The number of rotatable bonds is 4. The van der Waals surface area contributed by atoms with Gasteiger partial charge in [0.2, 0.25) is 0 Å². The van der Waals surface area contributed by atoms with E-state index in [4.69, 9.17) is 4.42 Å². The summed E-state index contributed by atoms with van der Waals surface area (Å²) in [5, 5.41) is 4.76. The minimum Gasteiger partial charge on any atom is -0.456 e. The zero-order valence-corrected chi connectivity index (χ0v) is 31.0. The number of aromatic nitrogens is 2. The molecule has 3 heterocycles. The molecule has 9 aromatic rings. The summed E-state index contributed by atoms with van der Waals surface area (Å²) in [6.07, 6.45) is 3.76. The molecule has 3 nitrogen and oxygen atoms in total. The molecular weight excluding hydrogens is 801 g/mol. The number of hydrogen-bond donors (Lipinski definition) is 0. The molecule has 0 spiro atoms. The van der Waals surface area contributed by atoms with Crippen LogP contribution in [-0.2, 0) is 20.1 Å². The Hall–Kier alpha value is -5.67. The average Bonchev–Trinajstić information content (AvgIpc) is 3.56. The second kappa shape index (κ2) is 14.7. The first-order chi connectivity index (χ1) is 24.5. The second-order valence-electron chi connectivity index (χ2n) is 12.6. The van der Waals surface area contributed by atoms with Gasteiger partial charge in [-0.3, -0.25) is 0 Å². The number of para-hydroxylation sites is 1. The molecule has 0 aliphatic heterocycles. The van der Waals surface area contributed by atoms with E-state index in [-0.39, 0.29) is 20.1 Å². The van der Waals surface area contributed by atoms with Gasteiger partial charge < -0.3 is 14.4 Å². The molecule has 0 saturated heterocycles. The van der Waals surface area contributed by atoms with Crippen molar-refractivity contribution in [2.45, 2.75) is 20.8 Å². The van der Waals surface area contributed by atoms with Crippen LogP contribution in [0.4, 0.5) is 0 Å². The van der Waals surface area contributed by atoms with E-state index < -0.39 is 0 Å². The number of nitrogens with zero attached hydrogens (tertiary/aromatic N) is 2. The SMILES string of the molecule is Cc1c(-c2ccccn2)[c-]ccc1-c1cccc2c1ccc1oc3ccccc3c12.Cc1c[c-]c(-c2cc(-c3ccccc3)c(C)cn2)cc1.[Ir]. The molecule has 51 heavy (non-hydrogen) atoms. The quantitative estimate of drug-likeness (QED) is 0.166. The van der Waals surface area contributed by atoms with Crippen LogP contribution >= 0.6 is 0 Å². The number of pyridine rings is 2. The van der Waals surface area contributed by atoms with E-state index >= 15 is 0 Å². The van der Waals surface area contributed by atoms with Crippen LogP contribution < -0.4 is 0 Å². The standard InChI is InChI=1S/C28H18NO.C19H16N.Ir/c1-18-19(9-6-10-20(18)25-13-4-5-17-29-25)21-11-7-12-23-22(21)15-16-27-28(23)24-8-2-3-14-26(24)30-27;1-14-8-10-17(11-9-14)19-12-18(15(2)13-20-19)16-6-4-3-5-7-16;/h2-9,11-17H,1H3;3-10,12-13H,1-2H3;/q2*-1;. The van der Waals surface area contributed by atoms with Gasteiger partial charge in [-0.1, -0.05) is 110 Å². The average molecular weight is 835 g/mol. The minimum absolute atomic E-state index is 0. The largest absolute Gasteiger partial charge is 0.456 e. The molecule has 0 aliphatic rings. The molecule has 0 amide bonds. The molecule has 0 unspecified atom stereocenters. The number of fused-ring (bicyclic) bond motifs is 5. The zero-order valence-electron chi connectivity index (χ0n) is 28.6. The van der Waals surface area contributed by atoms with Gasteiger partial charge in [0.05, 0.1) is 0 Å². The summed E-state index contributed by atoms with van der Waals surface area (Å²) in [5.74, 6) is 0. The number of benzene rings is 6. The Morgan fingerprint density at radius 1 is 0.569 bits per heavy atom. The molecule has 1 radical (unpaired) electrons. The number of aryl methyl sites for hydroxylation is 2. The van der Waals surface area contributed by atoms with Gasteiger partial charge >= 0.3 is 0 Å². The molecule has 6 aromatic carbocycles. The molecule has 0 aliphatic carbocycles. The Kier molecular flexibility index (Phi) is 9.72. The molecule has 4 heteroatoms. The molecule has 0 atom stereocenters. The molecule has 0 N–H and O–H groups in total. The van der Waals surface area contributed by atoms with Crippen molar-refractivity contribution in [3.8, 4) is 44.8 Å². The number of hydrogen-bond acceptors (Lipinski definition) is 3. The predicted molar refractivity (Wildman–Crippen MR) is 207 cm³/mol. The van der Waals surface area contributed by atoms with Crippen LogP contribution in [0.1, 0.15) is 16.7 Å². The molecule has 9 rings (SSSR count). The topological polar surface area (TPSA) is 38.9 Å². The molecule has 249 valence electrons. The Balaban J connectivity index is 0.000000169. The normalized spacial score (nSPS) is 10.9. The van der Waals surface area contributed by atoms with E-state index in [1.165, 1.54) is 55.1 Å². The second-order valence-corrected chi connectivity index (χ2v) is 12.6. The third-order valence-electron chi connectivity index (χ3n) is 9.30. The first kappa shape index (κ1) is 33.8. The van der Waals surface area contributed by atoms with Gasteiger partial charge in [0.25, 0.3) is 0 Å². The van der Waals surface area contributed by atoms with Crippen molar-refractivity contribution in [3.05, 3.63) is 181 Å². The van der Waals surface area contributed by atoms with Crippen LogP contribution in [0.15, 0.2) is 156 Å². The fourth-order valence-corrected chi connectivity index (χ4v) is 6.72. The summed E-state index contributed by atoms with van der Waals surface area (Å²) in [5.41, 5.74) is 14.3. The van der Waals surface area contributed by atoms with Gasteiger partial charge in [-0.25, -0.2) is 0 Å².